The largest absolute Gasteiger partial charge is 0.465 e. The van der Waals surface area contributed by atoms with Gasteiger partial charge in [-0.15, -0.1) is 11.3 Å². The van der Waals surface area contributed by atoms with Crippen molar-refractivity contribution in [2.45, 2.75) is 4.90 Å². The van der Waals surface area contributed by atoms with Crippen molar-refractivity contribution >= 4 is 28.1 Å². The van der Waals surface area contributed by atoms with Gasteiger partial charge in [-0.3, -0.25) is 4.21 Å². The number of rotatable bonds is 4. The van der Waals surface area contributed by atoms with Crippen LogP contribution in [0.4, 0.5) is 0 Å². The number of carbonyl (C=O) groups is 1. The van der Waals surface area contributed by atoms with Gasteiger partial charge < -0.3 is 10.5 Å². The fraction of sp³-hybridized carbons (Fsp3) is 0.375. The summed E-state index contributed by atoms with van der Waals surface area (Å²) in [4.78, 5) is 12.1. The third-order valence-corrected chi connectivity index (χ3v) is 4.01. The minimum atomic E-state index is -1.20. The first-order valence-corrected chi connectivity index (χ1v) is 6.14. The zero-order valence-electron chi connectivity index (χ0n) is 7.69. The van der Waals surface area contributed by atoms with E-state index in [2.05, 4.69) is 4.74 Å². The molecule has 0 aliphatic rings. The topological polar surface area (TPSA) is 69.4 Å². The van der Waals surface area contributed by atoms with E-state index in [1.165, 1.54) is 18.4 Å². The lowest BCUT2D eigenvalue weighted by atomic mass is 10.5. The second kappa shape index (κ2) is 5.23. The Hall–Kier alpha value is -0.720. The molecule has 0 aromatic carbocycles. The predicted octanol–water partition coefficient (Wildman–Crippen LogP) is 0.601. The summed E-state index contributed by atoms with van der Waals surface area (Å²) in [5.74, 6) is -0.0823. The Balaban J connectivity index is 2.92. The van der Waals surface area contributed by atoms with Crippen molar-refractivity contribution in [1.29, 1.82) is 0 Å². The summed E-state index contributed by atoms with van der Waals surface area (Å²) in [6.45, 7) is 0.336. The van der Waals surface area contributed by atoms with Gasteiger partial charge >= 0.3 is 5.97 Å². The molecule has 1 unspecified atom stereocenters. The Labute approximate surface area is 88.5 Å². The first-order chi connectivity index (χ1) is 6.70. The van der Waals surface area contributed by atoms with Crippen molar-refractivity contribution in [3.05, 3.63) is 16.3 Å². The molecule has 4 nitrogen and oxygen atoms in total. The quantitative estimate of drug-likeness (QED) is 0.773. The fourth-order valence-corrected chi connectivity index (χ4v) is 3.09. The lowest BCUT2D eigenvalue weighted by Crippen LogP contribution is -2.12. The highest BCUT2D eigenvalue weighted by Crippen LogP contribution is 2.21. The molecule has 1 rings (SSSR count). The molecular weight excluding hydrogens is 222 g/mol. The molecule has 0 bridgehead atoms. The van der Waals surface area contributed by atoms with Crippen LogP contribution in [-0.4, -0.2) is 29.6 Å². The van der Waals surface area contributed by atoms with E-state index in [1.54, 1.807) is 11.4 Å². The van der Waals surface area contributed by atoms with E-state index in [-0.39, 0.29) is 0 Å². The third kappa shape index (κ3) is 2.40. The molecular formula is C8H11NO3S2. The molecule has 1 atom stereocenters. The SMILES string of the molecule is COC(=O)c1sccc1S(=O)CCN. The summed E-state index contributed by atoms with van der Waals surface area (Å²) < 4.78 is 16.1. The van der Waals surface area contributed by atoms with Gasteiger partial charge in [0.2, 0.25) is 0 Å². The minimum Gasteiger partial charge on any atom is -0.465 e. The van der Waals surface area contributed by atoms with Gasteiger partial charge in [0.25, 0.3) is 0 Å². The van der Waals surface area contributed by atoms with Gasteiger partial charge in [-0.1, -0.05) is 0 Å². The number of hydrogen-bond donors (Lipinski definition) is 1. The molecule has 1 aromatic heterocycles. The van der Waals surface area contributed by atoms with Crippen LogP contribution in [-0.2, 0) is 15.5 Å². The van der Waals surface area contributed by atoms with Crippen molar-refractivity contribution in [1.82, 2.24) is 0 Å². The molecule has 0 amide bonds. The van der Waals surface area contributed by atoms with Crippen LogP contribution in [0.25, 0.3) is 0 Å². The molecule has 78 valence electrons. The van der Waals surface area contributed by atoms with Crippen molar-refractivity contribution in [3.63, 3.8) is 0 Å². The number of methoxy groups -OCH3 is 1. The molecule has 0 aliphatic carbocycles. The molecule has 0 fully saturated rings. The van der Waals surface area contributed by atoms with E-state index in [0.717, 1.165) is 0 Å². The number of hydrogen-bond acceptors (Lipinski definition) is 5. The van der Waals surface area contributed by atoms with Crippen LogP contribution < -0.4 is 5.73 Å². The van der Waals surface area contributed by atoms with E-state index >= 15 is 0 Å². The van der Waals surface area contributed by atoms with Crippen LogP contribution >= 0.6 is 11.3 Å². The number of nitrogens with two attached hydrogens (primary N) is 1. The van der Waals surface area contributed by atoms with Crippen LogP contribution in [0.5, 0.6) is 0 Å². The van der Waals surface area contributed by atoms with Crippen molar-refractivity contribution < 1.29 is 13.7 Å². The van der Waals surface area contributed by atoms with Gasteiger partial charge in [-0.05, 0) is 11.4 Å². The average molecular weight is 233 g/mol. The number of ether oxygens (including phenoxy) is 1. The summed E-state index contributed by atoms with van der Waals surface area (Å²) in [5, 5.41) is 1.72. The molecule has 0 aliphatic heterocycles. The van der Waals surface area contributed by atoms with Crippen LogP contribution in [0.3, 0.4) is 0 Å². The molecule has 1 aromatic rings. The zero-order chi connectivity index (χ0) is 10.6. The van der Waals surface area contributed by atoms with Gasteiger partial charge in [-0.25, -0.2) is 4.79 Å². The fourth-order valence-electron chi connectivity index (χ4n) is 0.935. The Kier molecular flexibility index (Phi) is 4.24. The first-order valence-electron chi connectivity index (χ1n) is 3.95. The monoisotopic (exact) mass is 233 g/mol. The van der Waals surface area contributed by atoms with E-state index in [0.29, 0.717) is 22.1 Å². The maximum absolute atomic E-state index is 11.6. The Morgan fingerprint density at radius 2 is 2.43 bits per heavy atom. The van der Waals surface area contributed by atoms with Crippen molar-refractivity contribution in [2.24, 2.45) is 5.73 Å². The maximum atomic E-state index is 11.6. The van der Waals surface area contributed by atoms with E-state index in [9.17, 15) is 9.00 Å². The summed E-state index contributed by atoms with van der Waals surface area (Å²) in [6.07, 6.45) is 0. The minimum absolute atomic E-state index is 0.336. The third-order valence-electron chi connectivity index (χ3n) is 1.55. The van der Waals surface area contributed by atoms with Crippen LogP contribution in [0.2, 0.25) is 0 Å². The Morgan fingerprint density at radius 1 is 1.71 bits per heavy atom. The second-order valence-corrected chi connectivity index (χ2v) is 4.90. The highest BCUT2D eigenvalue weighted by Gasteiger charge is 2.17. The Bertz CT molecular complexity index is 348. The molecule has 6 heteroatoms. The van der Waals surface area contributed by atoms with Crippen LogP contribution in [0.1, 0.15) is 9.67 Å². The highest BCUT2D eigenvalue weighted by atomic mass is 32.2. The molecule has 0 saturated carbocycles. The second-order valence-electron chi connectivity index (χ2n) is 2.44. The van der Waals surface area contributed by atoms with E-state index in [4.69, 9.17) is 5.73 Å². The smallest absolute Gasteiger partial charge is 0.349 e. The number of thiophene rings is 1. The summed E-state index contributed by atoms with van der Waals surface area (Å²) in [7, 11) is 0.102. The lowest BCUT2D eigenvalue weighted by Gasteiger charge is -2.00. The van der Waals surface area contributed by atoms with Crippen molar-refractivity contribution in [2.75, 3.05) is 19.4 Å². The maximum Gasteiger partial charge on any atom is 0.349 e. The van der Waals surface area contributed by atoms with Gasteiger partial charge in [0.15, 0.2) is 0 Å². The van der Waals surface area contributed by atoms with Gasteiger partial charge in [0.05, 0.1) is 22.8 Å². The summed E-state index contributed by atoms with van der Waals surface area (Å²) in [6, 6.07) is 1.67. The number of carbonyl (C=O) groups excluding carboxylic acids is 1. The Morgan fingerprint density at radius 3 is 3.00 bits per heavy atom. The molecule has 1 heterocycles. The van der Waals surface area contributed by atoms with E-state index < -0.39 is 16.8 Å². The summed E-state index contributed by atoms with van der Waals surface area (Å²) in [5.41, 5.74) is 5.29. The van der Waals surface area contributed by atoms with Crippen LogP contribution in [0, 0.1) is 0 Å². The molecule has 14 heavy (non-hydrogen) atoms. The van der Waals surface area contributed by atoms with Crippen LogP contribution in [0.15, 0.2) is 16.3 Å². The molecule has 0 radical (unpaired) electrons. The molecule has 0 saturated heterocycles. The van der Waals surface area contributed by atoms with Gasteiger partial charge in [0, 0.05) is 12.3 Å². The highest BCUT2D eigenvalue weighted by molar-refractivity contribution is 7.85. The number of esters is 1. The van der Waals surface area contributed by atoms with Gasteiger partial charge in [-0.2, -0.15) is 0 Å². The molecule has 0 spiro atoms. The normalized spacial score (nSPS) is 12.4. The van der Waals surface area contributed by atoms with Crippen molar-refractivity contribution in [3.8, 4) is 0 Å². The average Bonchev–Trinajstić information content (AvgIpc) is 2.65. The van der Waals surface area contributed by atoms with Gasteiger partial charge in [0.1, 0.15) is 4.88 Å². The first kappa shape index (κ1) is 11.4. The summed E-state index contributed by atoms with van der Waals surface area (Å²) >= 11 is 1.23. The van der Waals surface area contributed by atoms with E-state index in [1.807, 2.05) is 0 Å². The zero-order valence-corrected chi connectivity index (χ0v) is 9.32. The lowest BCUT2D eigenvalue weighted by molar-refractivity contribution is 0.0602. The standard InChI is InChI=1S/C8H11NO3S2/c1-12-8(10)7-6(2-4-13-7)14(11)5-3-9/h2,4H,3,5,9H2,1H3. The molecule has 2 N–H and O–H groups in total. The predicted molar refractivity (Wildman–Crippen MR) is 56.0 cm³/mol.